The molecular formula is C8H10Cl2N2O2S. The van der Waals surface area contributed by atoms with E-state index in [-0.39, 0.29) is 24.0 Å². The maximum atomic E-state index is 10.7. The first-order valence-electron chi connectivity index (χ1n) is 3.74. The van der Waals surface area contributed by atoms with Crippen LogP contribution in [0.1, 0.15) is 11.1 Å². The highest BCUT2D eigenvalue weighted by molar-refractivity contribution is 8.13. The number of hydrogen-bond acceptors (Lipinski definition) is 3. The van der Waals surface area contributed by atoms with Gasteiger partial charge in [0.05, 0.1) is 5.75 Å². The minimum atomic E-state index is -3.52. The maximum absolute atomic E-state index is 10.7. The Balaban J connectivity index is 0.00000196. The molecule has 0 bridgehead atoms. The van der Waals surface area contributed by atoms with Gasteiger partial charge in [-0.25, -0.2) is 8.42 Å². The molecule has 3 N–H and O–H groups in total. The molecule has 15 heavy (non-hydrogen) atoms. The topological polar surface area (TPSA) is 84.0 Å². The molecule has 0 aliphatic heterocycles. The number of nitrogens with one attached hydrogen (secondary N) is 1. The fraction of sp³-hybridized carbons (Fsp3) is 0.125. The summed E-state index contributed by atoms with van der Waals surface area (Å²) in [6, 6.07) is 6.33. The van der Waals surface area contributed by atoms with E-state index in [2.05, 4.69) is 0 Å². The van der Waals surface area contributed by atoms with Gasteiger partial charge in [0.15, 0.2) is 0 Å². The first kappa shape index (κ1) is 14.2. The van der Waals surface area contributed by atoms with Gasteiger partial charge in [0.2, 0.25) is 9.05 Å². The Morgan fingerprint density at radius 1 is 1.33 bits per heavy atom. The Morgan fingerprint density at radius 2 is 1.80 bits per heavy atom. The van der Waals surface area contributed by atoms with Crippen LogP contribution in [0.5, 0.6) is 0 Å². The van der Waals surface area contributed by atoms with E-state index in [4.69, 9.17) is 21.8 Å². The molecule has 0 saturated heterocycles. The standard InChI is InChI=1S/C8H9ClN2O2S.ClH/c9-14(12,13)5-6-1-3-7(4-2-6)8(10)11;/h1-4H,5H2,(H3,10,11);1H. The van der Waals surface area contributed by atoms with Crippen LogP contribution < -0.4 is 5.73 Å². The number of amidine groups is 1. The van der Waals surface area contributed by atoms with Gasteiger partial charge >= 0.3 is 0 Å². The van der Waals surface area contributed by atoms with Crippen molar-refractivity contribution in [3.05, 3.63) is 35.4 Å². The van der Waals surface area contributed by atoms with Crippen molar-refractivity contribution < 1.29 is 8.42 Å². The number of nitrogen functional groups attached to an aromatic ring is 1. The molecular weight excluding hydrogens is 259 g/mol. The minimum Gasteiger partial charge on any atom is -0.384 e. The Morgan fingerprint density at radius 3 is 2.13 bits per heavy atom. The van der Waals surface area contributed by atoms with Crippen LogP contribution in [0, 0.1) is 5.41 Å². The first-order chi connectivity index (χ1) is 6.38. The van der Waals surface area contributed by atoms with Gasteiger partial charge in [-0.3, -0.25) is 5.41 Å². The highest BCUT2D eigenvalue weighted by Gasteiger charge is 2.06. The van der Waals surface area contributed by atoms with E-state index >= 15 is 0 Å². The summed E-state index contributed by atoms with van der Waals surface area (Å²) >= 11 is 0. The molecule has 4 nitrogen and oxygen atoms in total. The molecule has 0 aliphatic carbocycles. The fourth-order valence-electron chi connectivity index (χ4n) is 0.980. The van der Waals surface area contributed by atoms with Crippen molar-refractivity contribution in [3.63, 3.8) is 0 Å². The average Bonchev–Trinajstić information content (AvgIpc) is 2.02. The van der Waals surface area contributed by atoms with Gasteiger partial charge in [0, 0.05) is 16.2 Å². The lowest BCUT2D eigenvalue weighted by Crippen LogP contribution is -2.10. The normalized spacial score (nSPS) is 10.5. The van der Waals surface area contributed by atoms with Gasteiger partial charge in [-0.15, -0.1) is 12.4 Å². The van der Waals surface area contributed by atoms with Crippen molar-refractivity contribution in [2.45, 2.75) is 5.75 Å². The van der Waals surface area contributed by atoms with Crippen LogP contribution in [0.25, 0.3) is 0 Å². The van der Waals surface area contributed by atoms with Crippen molar-refractivity contribution in [3.8, 4) is 0 Å². The van der Waals surface area contributed by atoms with E-state index in [1.807, 2.05) is 0 Å². The zero-order valence-electron chi connectivity index (χ0n) is 7.60. The van der Waals surface area contributed by atoms with Gasteiger partial charge in [-0.05, 0) is 5.56 Å². The minimum absolute atomic E-state index is 0. The second-order valence-corrected chi connectivity index (χ2v) is 5.57. The Kier molecular flexibility index (Phi) is 5.07. The molecule has 0 fully saturated rings. The highest BCUT2D eigenvalue weighted by Crippen LogP contribution is 2.10. The second kappa shape index (κ2) is 5.34. The monoisotopic (exact) mass is 268 g/mol. The molecule has 0 heterocycles. The fourth-order valence-corrected chi connectivity index (χ4v) is 1.95. The molecule has 0 spiro atoms. The van der Waals surface area contributed by atoms with Crippen molar-refractivity contribution in [2.75, 3.05) is 0 Å². The van der Waals surface area contributed by atoms with Crippen LogP contribution in [0.2, 0.25) is 0 Å². The summed E-state index contributed by atoms with van der Waals surface area (Å²) < 4.78 is 21.4. The third-order valence-corrected chi connectivity index (χ3v) is 2.61. The van der Waals surface area contributed by atoms with Gasteiger partial charge in [0.25, 0.3) is 0 Å². The smallest absolute Gasteiger partial charge is 0.236 e. The quantitative estimate of drug-likeness (QED) is 0.495. The lowest BCUT2D eigenvalue weighted by Gasteiger charge is -2.00. The Labute approximate surface area is 98.8 Å². The Bertz CT molecular complexity index is 442. The number of hydrogen-bond donors (Lipinski definition) is 2. The average molecular weight is 269 g/mol. The lowest BCUT2D eigenvalue weighted by molar-refractivity contribution is 0.609. The summed E-state index contributed by atoms with van der Waals surface area (Å²) in [5.41, 5.74) is 6.36. The molecule has 0 atom stereocenters. The number of rotatable bonds is 3. The lowest BCUT2D eigenvalue weighted by atomic mass is 10.1. The van der Waals surface area contributed by atoms with E-state index in [0.29, 0.717) is 11.1 Å². The zero-order chi connectivity index (χ0) is 10.8. The summed E-state index contributed by atoms with van der Waals surface area (Å²) in [7, 11) is 1.55. The molecule has 1 rings (SSSR count). The second-order valence-electron chi connectivity index (χ2n) is 2.79. The number of nitrogens with two attached hydrogens (primary N) is 1. The molecule has 84 valence electrons. The van der Waals surface area contributed by atoms with Gasteiger partial charge < -0.3 is 5.73 Å². The van der Waals surface area contributed by atoms with Crippen LogP contribution in [0.4, 0.5) is 0 Å². The zero-order valence-corrected chi connectivity index (χ0v) is 9.99. The molecule has 0 aliphatic rings. The maximum Gasteiger partial charge on any atom is 0.236 e. The van der Waals surface area contributed by atoms with Gasteiger partial charge in [0.1, 0.15) is 5.84 Å². The SMILES string of the molecule is Cl.N=C(N)c1ccc(CS(=O)(=O)Cl)cc1. The summed E-state index contributed by atoms with van der Waals surface area (Å²) in [5, 5.41) is 7.12. The van der Waals surface area contributed by atoms with Crippen molar-refractivity contribution in [1.29, 1.82) is 5.41 Å². The highest BCUT2D eigenvalue weighted by atomic mass is 35.7. The van der Waals surface area contributed by atoms with Crippen LogP contribution >= 0.6 is 23.1 Å². The van der Waals surface area contributed by atoms with E-state index in [9.17, 15) is 8.42 Å². The van der Waals surface area contributed by atoms with Crippen molar-refractivity contribution in [1.82, 2.24) is 0 Å². The largest absolute Gasteiger partial charge is 0.384 e. The van der Waals surface area contributed by atoms with E-state index < -0.39 is 9.05 Å². The molecule has 0 radical (unpaired) electrons. The molecule has 0 saturated carbocycles. The predicted octanol–water partition coefficient (Wildman–Crippen LogP) is 1.46. The number of benzene rings is 1. The van der Waals surface area contributed by atoms with E-state index in [0.717, 1.165) is 0 Å². The molecule has 0 aromatic heterocycles. The summed E-state index contributed by atoms with van der Waals surface area (Å²) in [5.74, 6) is -0.266. The third kappa shape index (κ3) is 5.01. The number of halogens is 2. The van der Waals surface area contributed by atoms with Crippen LogP contribution in [-0.4, -0.2) is 14.3 Å². The van der Waals surface area contributed by atoms with Crippen molar-refractivity contribution >= 4 is 38.0 Å². The molecule has 0 amide bonds. The summed E-state index contributed by atoms with van der Waals surface area (Å²) in [6.45, 7) is 0. The summed E-state index contributed by atoms with van der Waals surface area (Å²) in [6.07, 6.45) is 0. The van der Waals surface area contributed by atoms with E-state index in [1.165, 1.54) is 0 Å². The molecule has 0 unspecified atom stereocenters. The molecule has 7 heteroatoms. The van der Waals surface area contributed by atoms with E-state index in [1.54, 1.807) is 24.3 Å². The first-order valence-corrected chi connectivity index (χ1v) is 6.22. The van der Waals surface area contributed by atoms with Crippen LogP contribution in [-0.2, 0) is 14.8 Å². The van der Waals surface area contributed by atoms with Crippen LogP contribution in [0.15, 0.2) is 24.3 Å². The third-order valence-electron chi connectivity index (χ3n) is 1.60. The van der Waals surface area contributed by atoms with Crippen LogP contribution in [0.3, 0.4) is 0 Å². The summed E-state index contributed by atoms with van der Waals surface area (Å²) in [4.78, 5) is 0. The van der Waals surface area contributed by atoms with Gasteiger partial charge in [-0.1, -0.05) is 24.3 Å². The van der Waals surface area contributed by atoms with Gasteiger partial charge in [-0.2, -0.15) is 0 Å². The van der Waals surface area contributed by atoms with Crippen molar-refractivity contribution in [2.24, 2.45) is 5.73 Å². The predicted molar refractivity (Wildman–Crippen MR) is 63.2 cm³/mol. The Hall–Kier alpha value is -0.780. The molecule has 1 aromatic rings. The molecule has 1 aromatic carbocycles.